The zero-order valence-electron chi connectivity index (χ0n) is 26.7. The van der Waals surface area contributed by atoms with Crippen LogP contribution < -0.4 is 10.2 Å². The summed E-state index contributed by atoms with van der Waals surface area (Å²) < 4.78 is 23.4. The molecule has 2 saturated heterocycles. The molecule has 1 spiro atoms. The highest BCUT2D eigenvalue weighted by Crippen LogP contribution is 2.33. The number of imidazole rings is 1. The third-order valence-electron chi connectivity index (χ3n) is 9.51. The number of aliphatic hydroxyl groups is 1. The number of carbonyl (C=O) groups is 1. The van der Waals surface area contributed by atoms with Crippen molar-refractivity contribution >= 4 is 33.1 Å². The van der Waals surface area contributed by atoms with E-state index in [0.29, 0.717) is 60.7 Å². The number of morpholine rings is 1. The molecule has 5 heterocycles. The quantitative estimate of drug-likeness (QED) is 0.174. The standard InChI is InChI=1S/C35H39FN6O5S/c1-22-31(42-11-3-2-4-29(42)38-22)33(45)41-14-15-47-35(21-41)8-12-40(13-9-35)20-24-16-23(17-25(36)18-24)7-10-37-19-28(44)26-5-6-27(43)30-32(26)48-34(46)39-30/h2-6,11,16-18,28,37,43-44H,7-10,12-15,19-21H2,1H3,(H,39,46)/t28-/m0/s1. The highest BCUT2D eigenvalue weighted by molar-refractivity contribution is 7.16. The lowest BCUT2D eigenvalue weighted by molar-refractivity contribution is -0.128. The van der Waals surface area contributed by atoms with E-state index in [1.165, 1.54) is 6.07 Å². The molecular formula is C35H39FN6O5S. The number of ether oxygens (including phenoxy) is 1. The first-order valence-corrected chi connectivity index (χ1v) is 17.1. The molecule has 48 heavy (non-hydrogen) atoms. The number of fused-ring (bicyclic) bond motifs is 2. The number of phenols is 1. The molecule has 252 valence electrons. The second-order valence-corrected chi connectivity index (χ2v) is 13.8. The molecule has 0 bridgehead atoms. The van der Waals surface area contributed by atoms with E-state index in [1.807, 2.05) is 46.7 Å². The van der Waals surface area contributed by atoms with Gasteiger partial charge in [0.2, 0.25) is 0 Å². The molecule has 2 aliphatic heterocycles. The number of aliphatic hydroxyl groups excluding tert-OH is 1. The molecule has 3 aromatic heterocycles. The number of hydrogen-bond acceptors (Lipinski definition) is 9. The van der Waals surface area contributed by atoms with Gasteiger partial charge in [-0.1, -0.05) is 29.5 Å². The van der Waals surface area contributed by atoms with E-state index in [-0.39, 0.29) is 28.9 Å². The van der Waals surface area contributed by atoms with Crippen LogP contribution in [0.2, 0.25) is 0 Å². The van der Waals surface area contributed by atoms with Crippen LogP contribution in [0.4, 0.5) is 4.39 Å². The number of aromatic nitrogens is 3. The molecule has 7 rings (SSSR count). The Kier molecular flexibility index (Phi) is 9.05. The molecule has 0 unspecified atom stereocenters. The second-order valence-electron chi connectivity index (χ2n) is 12.8. The Hall–Kier alpha value is -4.14. The van der Waals surface area contributed by atoms with Crippen LogP contribution in [0.3, 0.4) is 0 Å². The maximum absolute atomic E-state index is 14.7. The van der Waals surface area contributed by atoms with Crippen LogP contribution in [0.1, 0.15) is 51.8 Å². The summed E-state index contributed by atoms with van der Waals surface area (Å²) in [6, 6.07) is 14.0. The Labute approximate surface area is 280 Å². The molecule has 2 aromatic carbocycles. The van der Waals surface area contributed by atoms with Gasteiger partial charge in [-0.25, -0.2) is 9.37 Å². The van der Waals surface area contributed by atoms with Crippen LogP contribution in [-0.4, -0.2) is 91.8 Å². The summed E-state index contributed by atoms with van der Waals surface area (Å²) in [5.74, 6) is -0.337. The van der Waals surface area contributed by atoms with Crippen molar-refractivity contribution in [1.82, 2.24) is 29.5 Å². The van der Waals surface area contributed by atoms with Crippen molar-refractivity contribution in [3.8, 4) is 5.75 Å². The van der Waals surface area contributed by atoms with Crippen molar-refractivity contribution in [3.63, 3.8) is 0 Å². The molecule has 4 N–H and O–H groups in total. The zero-order valence-corrected chi connectivity index (χ0v) is 27.6. The van der Waals surface area contributed by atoms with E-state index in [4.69, 9.17) is 4.74 Å². The Morgan fingerprint density at radius 3 is 2.81 bits per heavy atom. The van der Waals surface area contributed by atoms with Crippen LogP contribution in [0, 0.1) is 12.7 Å². The van der Waals surface area contributed by atoms with Gasteiger partial charge >= 0.3 is 4.87 Å². The lowest BCUT2D eigenvalue weighted by Gasteiger charge is -2.47. The number of H-pyrrole nitrogens is 1. The van der Waals surface area contributed by atoms with Crippen molar-refractivity contribution in [2.45, 2.75) is 44.4 Å². The Balaban J connectivity index is 0.917. The van der Waals surface area contributed by atoms with Gasteiger partial charge in [0.15, 0.2) is 0 Å². The van der Waals surface area contributed by atoms with Crippen LogP contribution >= 0.6 is 11.3 Å². The first-order valence-electron chi connectivity index (χ1n) is 16.3. The lowest BCUT2D eigenvalue weighted by atomic mass is 9.89. The second kappa shape index (κ2) is 13.4. The lowest BCUT2D eigenvalue weighted by Crippen LogP contribution is -2.58. The molecule has 0 aliphatic carbocycles. The van der Waals surface area contributed by atoms with Gasteiger partial charge in [0.05, 0.1) is 35.3 Å². The summed E-state index contributed by atoms with van der Waals surface area (Å²) in [4.78, 5) is 36.6. The van der Waals surface area contributed by atoms with E-state index < -0.39 is 11.7 Å². The number of likely N-dealkylation sites (tertiary alicyclic amines) is 1. The van der Waals surface area contributed by atoms with Gasteiger partial charge in [-0.15, -0.1) is 0 Å². The minimum Gasteiger partial charge on any atom is -0.506 e. The van der Waals surface area contributed by atoms with Gasteiger partial charge in [-0.2, -0.15) is 0 Å². The molecule has 13 heteroatoms. The van der Waals surface area contributed by atoms with Crippen LogP contribution in [0.15, 0.2) is 59.5 Å². The Morgan fingerprint density at radius 2 is 1.98 bits per heavy atom. The van der Waals surface area contributed by atoms with Gasteiger partial charge in [0, 0.05) is 44.5 Å². The predicted molar refractivity (Wildman–Crippen MR) is 181 cm³/mol. The van der Waals surface area contributed by atoms with Crippen molar-refractivity contribution in [2.24, 2.45) is 0 Å². The van der Waals surface area contributed by atoms with Crippen molar-refractivity contribution in [3.05, 3.63) is 98.3 Å². The normalized spacial score (nSPS) is 17.4. The number of nitrogens with one attached hydrogen (secondary N) is 2. The summed E-state index contributed by atoms with van der Waals surface area (Å²) in [5.41, 5.74) is 4.34. The number of amides is 1. The Morgan fingerprint density at radius 1 is 1.17 bits per heavy atom. The monoisotopic (exact) mass is 674 g/mol. The SMILES string of the molecule is Cc1nc2ccccn2c1C(=O)N1CCOC2(CCN(Cc3cc(F)cc(CCNC[C@H](O)c4ccc(O)c5[nH]c(=O)sc45)c3)CC2)C1. The number of hydrogen-bond donors (Lipinski definition) is 4. The maximum Gasteiger partial charge on any atom is 0.305 e. The van der Waals surface area contributed by atoms with Gasteiger partial charge in [-0.3, -0.25) is 18.9 Å². The highest BCUT2D eigenvalue weighted by Gasteiger charge is 2.41. The number of benzene rings is 2. The van der Waals surface area contributed by atoms with Gasteiger partial charge in [0.1, 0.15) is 28.4 Å². The number of thiazole rings is 1. The van der Waals surface area contributed by atoms with E-state index in [1.54, 1.807) is 18.2 Å². The number of aromatic amines is 1. The largest absolute Gasteiger partial charge is 0.506 e. The third kappa shape index (κ3) is 6.61. The fourth-order valence-corrected chi connectivity index (χ4v) is 7.97. The maximum atomic E-state index is 14.7. The number of aryl methyl sites for hydroxylation is 1. The average molecular weight is 675 g/mol. The van der Waals surface area contributed by atoms with Crippen LogP contribution in [0.25, 0.3) is 15.9 Å². The number of pyridine rings is 1. The number of rotatable bonds is 9. The number of nitrogens with zero attached hydrogens (tertiary/aromatic N) is 4. The molecule has 1 amide bonds. The molecule has 1 atom stereocenters. The van der Waals surface area contributed by atoms with E-state index in [0.717, 1.165) is 59.7 Å². The molecule has 0 radical (unpaired) electrons. The molecular weight excluding hydrogens is 635 g/mol. The topological polar surface area (TPSA) is 135 Å². The van der Waals surface area contributed by atoms with Crippen molar-refractivity contribution in [2.75, 3.05) is 45.9 Å². The molecule has 2 fully saturated rings. The number of aromatic hydroxyl groups is 1. The molecule has 0 saturated carbocycles. The number of piperidine rings is 1. The Bertz CT molecular complexity index is 2020. The average Bonchev–Trinajstić information content (AvgIpc) is 3.63. The predicted octanol–water partition coefficient (Wildman–Crippen LogP) is 3.76. The first kappa shape index (κ1) is 32.4. The molecule has 5 aromatic rings. The summed E-state index contributed by atoms with van der Waals surface area (Å²) in [7, 11) is 0. The fraction of sp³-hybridized carbons (Fsp3) is 0.400. The number of carbonyl (C=O) groups excluding carboxylic acids is 1. The van der Waals surface area contributed by atoms with E-state index >= 15 is 0 Å². The van der Waals surface area contributed by atoms with Gasteiger partial charge < -0.3 is 30.2 Å². The smallest absolute Gasteiger partial charge is 0.305 e. The first-order chi connectivity index (χ1) is 23.2. The fourth-order valence-electron chi connectivity index (χ4n) is 7.05. The number of halogens is 1. The van der Waals surface area contributed by atoms with E-state index in [2.05, 4.69) is 20.2 Å². The number of phenolic OH excluding ortho intramolecular Hbond substituents is 1. The van der Waals surface area contributed by atoms with Crippen molar-refractivity contribution in [1.29, 1.82) is 0 Å². The third-order valence-corrected chi connectivity index (χ3v) is 10.4. The molecule has 11 nitrogen and oxygen atoms in total. The van der Waals surface area contributed by atoms with E-state index in [9.17, 15) is 24.2 Å². The van der Waals surface area contributed by atoms with Gasteiger partial charge in [0.25, 0.3) is 5.91 Å². The van der Waals surface area contributed by atoms with Crippen molar-refractivity contribution < 1.29 is 24.1 Å². The minimum absolute atomic E-state index is 0.0238. The minimum atomic E-state index is -0.876. The summed E-state index contributed by atoms with van der Waals surface area (Å²) in [5, 5.41) is 24.0. The summed E-state index contributed by atoms with van der Waals surface area (Å²) >= 11 is 0.952. The summed E-state index contributed by atoms with van der Waals surface area (Å²) in [6.45, 7) is 6.39. The summed E-state index contributed by atoms with van der Waals surface area (Å²) in [6.07, 6.45) is 3.14. The van der Waals surface area contributed by atoms with Crippen LogP contribution in [-0.2, 0) is 17.7 Å². The van der Waals surface area contributed by atoms with Crippen LogP contribution in [0.5, 0.6) is 5.75 Å². The van der Waals surface area contributed by atoms with Gasteiger partial charge in [-0.05, 0) is 74.2 Å². The zero-order chi connectivity index (χ0) is 33.4. The highest BCUT2D eigenvalue weighted by atomic mass is 32.1. The molecule has 2 aliphatic rings.